The van der Waals surface area contributed by atoms with Gasteiger partial charge in [-0.3, -0.25) is 9.89 Å². The van der Waals surface area contributed by atoms with Crippen LogP contribution in [0.3, 0.4) is 0 Å². The zero-order valence-electron chi connectivity index (χ0n) is 14.8. The Bertz CT molecular complexity index is 774. The molecule has 146 valence electrons. The number of H-pyrrole nitrogens is 1. The molecule has 27 heavy (non-hydrogen) atoms. The van der Waals surface area contributed by atoms with Crippen molar-refractivity contribution in [3.05, 3.63) is 47.3 Å². The van der Waals surface area contributed by atoms with Crippen LogP contribution in [0.2, 0.25) is 0 Å². The summed E-state index contributed by atoms with van der Waals surface area (Å²) in [5.74, 6) is 0.374. The second-order valence-corrected chi connectivity index (χ2v) is 6.26. The van der Waals surface area contributed by atoms with Crippen LogP contribution in [-0.2, 0) is 22.1 Å². The summed E-state index contributed by atoms with van der Waals surface area (Å²) in [4.78, 5) is 13.2. The van der Waals surface area contributed by atoms with Crippen molar-refractivity contribution < 1.29 is 27.4 Å². The van der Waals surface area contributed by atoms with E-state index in [1.54, 1.807) is 4.90 Å². The molecule has 0 radical (unpaired) electrons. The van der Waals surface area contributed by atoms with Gasteiger partial charge in [-0.25, -0.2) is 0 Å². The number of amides is 1. The molecule has 2 heterocycles. The lowest BCUT2D eigenvalue weighted by atomic mass is 10.2. The SMILES string of the molecule is CC(=O)N1CCO[C@H](c2cc(CCOc3ccc(C(F)(F)F)cc3)[nH]n2)C1. The third-order valence-corrected chi connectivity index (χ3v) is 4.31. The van der Waals surface area contributed by atoms with Crippen molar-refractivity contribution in [3.63, 3.8) is 0 Å². The number of aromatic amines is 1. The van der Waals surface area contributed by atoms with Gasteiger partial charge in [0.1, 0.15) is 11.9 Å². The highest BCUT2D eigenvalue weighted by Crippen LogP contribution is 2.30. The van der Waals surface area contributed by atoms with E-state index in [4.69, 9.17) is 9.47 Å². The standard InChI is InChI=1S/C18H20F3N3O3/c1-12(25)24-7-9-27-17(11-24)16-10-14(22-23-16)6-8-26-15-4-2-13(3-5-15)18(19,20)21/h2-5,10,17H,6-9,11H2,1H3,(H,22,23)/t17-/m0/s1. The molecule has 9 heteroatoms. The van der Waals surface area contributed by atoms with Crippen molar-refractivity contribution >= 4 is 5.91 Å². The van der Waals surface area contributed by atoms with Crippen LogP contribution in [0.5, 0.6) is 5.75 Å². The number of hydrogen-bond acceptors (Lipinski definition) is 4. The van der Waals surface area contributed by atoms with Gasteiger partial charge in [-0.2, -0.15) is 18.3 Å². The summed E-state index contributed by atoms with van der Waals surface area (Å²) >= 11 is 0. The van der Waals surface area contributed by atoms with Crippen LogP contribution in [-0.4, -0.2) is 47.3 Å². The second-order valence-electron chi connectivity index (χ2n) is 6.26. The first-order valence-electron chi connectivity index (χ1n) is 8.54. The van der Waals surface area contributed by atoms with E-state index in [1.165, 1.54) is 19.1 Å². The number of ether oxygens (including phenoxy) is 2. The molecule has 0 bridgehead atoms. The Morgan fingerprint density at radius 3 is 2.78 bits per heavy atom. The molecule has 0 aliphatic carbocycles. The molecule has 1 atom stereocenters. The minimum absolute atomic E-state index is 0.00370. The number of benzene rings is 1. The van der Waals surface area contributed by atoms with Gasteiger partial charge >= 0.3 is 6.18 Å². The maximum absolute atomic E-state index is 12.5. The summed E-state index contributed by atoms with van der Waals surface area (Å²) in [7, 11) is 0. The Kier molecular flexibility index (Phi) is 5.69. The lowest BCUT2D eigenvalue weighted by Gasteiger charge is -2.31. The first kappa shape index (κ1) is 19.2. The Labute approximate surface area is 154 Å². The van der Waals surface area contributed by atoms with Crippen LogP contribution in [0.25, 0.3) is 0 Å². The third-order valence-electron chi connectivity index (χ3n) is 4.31. The van der Waals surface area contributed by atoms with Gasteiger partial charge in [0.2, 0.25) is 5.91 Å². The van der Waals surface area contributed by atoms with Crippen LogP contribution in [0.4, 0.5) is 13.2 Å². The summed E-state index contributed by atoms with van der Waals surface area (Å²) in [6.45, 7) is 3.31. The minimum Gasteiger partial charge on any atom is -0.493 e. The quantitative estimate of drug-likeness (QED) is 0.862. The van der Waals surface area contributed by atoms with Crippen molar-refractivity contribution in [1.82, 2.24) is 15.1 Å². The Hall–Kier alpha value is -2.55. The molecule has 1 aromatic heterocycles. The van der Waals surface area contributed by atoms with E-state index >= 15 is 0 Å². The highest BCUT2D eigenvalue weighted by atomic mass is 19.4. The maximum atomic E-state index is 12.5. The van der Waals surface area contributed by atoms with E-state index in [9.17, 15) is 18.0 Å². The van der Waals surface area contributed by atoms with Crippen LogP contribution < -0.4 is 4.74 Å². The largest absolute Gasteiger partial charge is 0.493 e. The van der Waals surface area contributed by atoms with Gasteiger partial charge in [0.05, 0.1) is 31.0 Å². The van der Waals surface area contributed by atoms with Gasteiger partial charge in [0.25, 0.3) is 0 Å². The number of carbonyl (C=O) groups excluding carboxylic acids is 1. The summed E-state index contributed by atoms with van der Waals surface area (Å²) in [6, 6.07) is 6.43. The highest BCUT2D eigenvalue weighted by Gasteiger charge is 2.30. The Balaban J connectivity index is 1.50. The molecule has 6 nitrogen and oxygen atoms in total. The average Bonchev–Trinajstić information content (AvgIpc) is 3.10. The van der Waals surface area contributed by atoms with E-state index in [-0.39, 0.29) is 18.6 Å². The molecule has 0 unspecified atom stereocenters. The van der Waals surface area contributed by atoms with Gasteiger partial charge < -0.3 is 14.4 Å². The lowest BCUT2D eigenvalue weighted by Crippen LogP contribution is -2.41. The zero-order valence-corrected chi connectivity index (χ0v) is 14.8. The highest BCUT2D eigenvalue weighted by molar-refractivity contribution is 5.73. The molecule has 2 aromatic rings. The fourth-order valence-electron chi connectivity index (χ4n) is 2.81. The van der Waals surface area contributed by atoms with Crippen LogP contribution in [0.15, 0.2) is 30.3 Å². The Morgan fingerprint density at radius 2 is 2.11 bits per heavy atom. The number of nitrogens with zero attached hydrogens (tertiary/aromatic N) is 2. The first-order chi connectivity index (χ1) is 12.8. The van der Waals surface area contributed by atoms with Crippen LogP contribution in [0, 0.1) is 0 Å². The average molecular weight is 383 g/mol. The number of hydrogen-bond donors (Lipinski definition) is 1. The smallest absolute Gasteiger partial charge is 0.416 e. The molecule has 1 N–H and O–H groups in total. The molecule has 0 saturated carbocycles. The molecule has 1 aromatic carbocycles. The molecular formula is C18H20F3N3O3. The fraction of sp³-hybridized carbons (Fsp3) is 0.444. The van der Waals surface area contributed by atoms with E-state index in [2.05, 4.69) is 10.2 Å². The number of nitrogens with one attached hydrogen (secondary N) is 1. The van der Waals surface area contributed by atoms with Crippen LogP contribution in [0.1, 0.15) is 30.0 Å². The van der Waals surface area contributed by atoms with Gasteiger partial charge in [0.15, 0.2) is 0 Å². The number of alkyl halides is 3. The number of morpholine rings is 1. The molecular weight excluding hydrogens is 363 g/mol. The topological polar surface area (TPSA) is 67.5 Å². The maximum Gasteiger partial charge on any atom is 0.416 e. The number of rotatable bonds is 5. The van der Waals surface area contributed by atoms with Gasteiger partial charge in [-0.05, 0) is 30.3 Å². The molecule has 1 fully saturated rings. The van der Waals surface area contributed by atoms with E-state index in [1.807, 2.05) is 6.07 Å². The second kappa shape index (κ2) is 7.99. The molecule has 1 aliphatic rings. The molecule has 1 aliphatic heterocycles. The monoisotopic (exact) mass is 383 g/mol. The van der Waals surface area contributed by atoms with Crippen molar-refractivity contribution in [2.24, 2.45) is 0 Å². The van der Waals surface area contributed by atoms with E-state index in [0.717, 1.165) is 17.8 Å². The summed E-state index contributed by atoms with van der Waals surface area (Å²) in [6.07, 6.45) is -4.12. The van der Waals surface area contributed by atoms with Crippen LogP contribution >= 0.6 is 0 Å². The van der Waals surface area contributed by atoms with Gasteiger partial charge in [-0.1, -0.05) is 0 Å². The fourth-order valence-corrected chi connectivity index (χ4v) is 2.81. The number of aromatic nitrogens is 2. The van der Waals surface area contributed by atoms with Gasteiger partial charge in [0, 0.05) is 25.6 Å². The van der Waals surface area contributed by atoms with E-state index in [0.29, 0.717) is 37.6 Å². The van der Waals surface area contributed by atoms with Crippen molar-refractivity contribution in [2.45, 2.75) is 25.6 Å². The zero-order chi connectivity index (χ0) is 19.4. The summed E-state index contributed by atoms with van der Waals surface area (Å²) in [5, 5.41) is 7.13. The lowest BCUT2D eigenvalue weighted by molar-refractivity contribution is -0.138. The summed E-state index contributed by atoms with van der Waals surface area (Å²) in [5.41, 5.74) is 0.825. The third kappa shape index (κ3) is 5.00. The summed E-state index contributed by atoms with van der Waals surface area (Å²) < 4.78 is 48.8. The molecule has 1 amide bonds. The molecule has 1 saturated heterocycles. The number of halogens is 3. The predicted octanol–water partition coefficient (Wildman–Crippen LogP) is 2.97. The predicted molar refractivity (Wildman–Crippen MR) is 90.2 cm³/mol. The van der Waals surface area contributed by atoms with Crippen molar-refractivity contribution in [1.29, 1.82) is 0 Å². The molecule has 3 rings (SSSR count). The van der Waals surface area contributed by atoms with Crippen molar-refractivity contribution in [3.8, 4) is 5.75 Å². The van der Waals surface area contributed by atoms with Crippen molar-refractivity contribution in [2.75, 3.05) is 26.3 Å². The van der Waals surface area contributed by atoms with Gasteiger partial charge in [-0.15, -0.1) is 0 Å². The Morgan fingerprint density at radius 1 is 1.37 bits per heavy atom. The number of carbonyl (C=O) groups is 1. The van der Waals surface area contributed by atoms with E-state index < -0.39 is 11.7 Å². The normalized spacial score (nSPS) is 17.8. The minimum atomic E-state index is -4.36. The molecule has 0 spiro atoms. The first-order valence-corrected chi connectivity index (χ1v) is 8.54.